The second-order valence-electron chi connectivity index (χ2n) is 6.35. The van der Waals surface area contributed by atoms with Crippen LogP contribution in [0, 0.1) is 0 Å². The minimum absolute atomic E-state index is 0.0245. The van der Waals surface area contributed by atoms with Crippen LogP contribution in [0.3, 0.4) is 0 Å². The number of hydrogen-bond acceptors (Lipinski definition) is 4. The molecule has 0 saturated carbocycles. The molecule has 0 aliphatic carbocycles. The van der Waals surface area contributed by atoms with Crippen LogP contribution in [0.15, 0.2) is 90.5 Å². The zero-order valence-corrected chi connectivity index (χ0v) is 14.8. The lowest BCUT2D eigenvalue weighted by Crippen LogP contribution is -2.13. The van der Waals surface area contributed by atoms with Gasteiger partial charge >= 0.3 is 0 Å². The summed E-state index contributed by atoms with van der Waals surface area (Å²) in [6, 6.07) is 19.3. The van der Waals surface area contributed by atoms with E-state index in [9.17, 15) is 4.79 Å². The van der Waals surface area contributed by atoms with Crippen LogP contribution in [0.2, 0.25) is 0 Å². The lowest BCUT2D eigenvalue weighted by Gasteiger charge is -2.12. The zero-order valence-electron chi connectivity index (χ0n) is 14.8. The summed E-state index contributed by atoms with van der Waals surface area (Å²) in [6.07, 6.45) is 6.68. The molecule has 6 heteroatoms. The second kappa shape index (κ2) is 6.59. The minimum atomic E-state index is -0.0245. The predicted molar refractivity (Wildman–Crippen MR) is 108 cm³/mol. The summed E-state index contributed by atoms with van der Waals surface area (Å²) < 4.78 is 1.86. The summed E-state index contributed by atoms with van der Waals surface area (Å²) in [5, 5.41) is 0. The van der Waals surface area contributed by atoms with Gasteiger partial charge in [0.1, 0.15) is 11.8 Å². The Balaban J connectivity index is 1.83. The Morgan fingerprint density at radius 2 is 1.36 bits per heavy atom. The summed E-state index contributed by atoms with van der Waals surface area (Å²) in [5.74, 6) is 0.636. The van der Waals surface area contributed by atoms with Gasteiger partial charge in [-0.2, -0.15) is 0 Å². The molecule has 6 nitrogen and oxygen atoms in total. The smallest absolute Gasteiger partial charge is 0.197 e. The van der Waals surface area contributed by atoms with Gasteiger partial charge in [0.15, 0.2) is 16.9 Å². The Hall–Kier alpha value is -4.06. The minimum Gasteiger partial charge on any atom is -0.340 e. The van der Waals surface area contributed by atoms with E-state index >= 15 is 0 Å². The fourth-order valence-electron chi connectivity index (χ4n) is 3.29. The zero-order chi connectivity index (χ0) is 18.9. The number of benzene rings is 2. The fourth-order valence-corrected chi connectivity index (χ4v) is 3.29. The normalized spacial score (nSPS) is 11.0. The number of aromatic amines is 1. The number of imidazole rings is 1. The lowest BCUT2D eigenvalue weighted by atomic mass is 10.0. The molecule has 0 atom stereocenters. The highest BCUT2D eigenvalue weighted by Gasteiger charge is 2.15. The van der Waals surface area contributed by atoms with Crippen molar-refractivity contribution in [1.29, 1.82) is 0 Å². The quantitative estimate of drug-likeness (QED) is 0.527. The maximum absolute atomic E-state index is 13.3. The molecule has 0 spiro atoms. The molecule has 0 aliphatic rings. The lowest BCUT2D eigenvalue weighted by molar-refractivity contribution is 0.979. The van der Waals surface area contributed by atoms with E-state index in [1.54, 1.807) is 6.33 Å². The van der Waals surface area contributed by atoms with Crippen molar-refractivity contribution in [2.75, 3.05) is 0 Å². The molecule has 5 rings (SSSR count). The van der Waals surface area contributed by atoms with Crippen molar-refractivity contribution < 1.29 is 0 Å². The van der Waals surface area contributed by atoms with Gasteiger partial charge in [0.25, 0.3) is 0 Å². The predicted octanol–water partition coefficient (Wildman–Crippen LogP) is 3.84. The average molecular weight is 365 g/mol. The second-order valence-corrected chi connectivity index (χ2v) is 6.35. The van der Waals surface area contributed by atoms with E-state index in [2.05, 4.69) is 19.9 Å². The first-order chi connectivity index (χ1) is 13.8. The first-order valence-electron chi connectivity index (χ1n) is 8.83. The molecular weight excluding hydrogens is 350 g/mol. The van der Waals surface area contributed by atoms with E-state index in [1.165, 1.54) is 6.33 Å². The van der Waals surface area contributed by atoms with Gasteiger partial charge in [-0.1, -0.05) is 60.7 Å². The van der Waals surface area contributed by atoms with E-state index in [4.69, 9.17) is 0 Å². The molecule has 1 N–H and O–H groups in total. The molecule has 0 radical (unpaired) electrons. The summed E-state index contributed by atoms with van der Waals surface area (Å²) in [4.78, 5) is 29.2. The van der Waals surface area contributed by atoms with Gasteiger partial charge in [-0.3, -0.25) is 4.79 Å². The van der Waals surface area contributed by atoms with Gasteiger partial charge < -0.3 is 9.55 Å². The highest BCUT2D eigenvalue weighted by Crippen LogP contribution is 2.24. The van der Waals surface area contributed by atoms with Crippen molar-refractivity contribution in [2.45, 2.75) is 0 Å². The van der Waals surface area contributed by atoms with Crippen molar-refractivity contribution in [3.63, 3.8) is 0 Å². The summed E-state index contributed by atoms with van der Waals surface area (Å²) in [7, 11) is 0. The van der Waals surface area contributed by atoms with E-state index in [0.29, 0.717) is 28.1 Å². The monoisotopic (exact) mass is 365 g/mol. The van der Waals surface area contributed by atoms with E-state index < -0.39 is 0 Å². The number of aromatic nitrogens is 5. The van der Waals surface area contributed by atoms with Crippen LogP contribution in [0.1, 0.15) is 0 Å². The molecular formula is C22H15N5O. The highest BCUT2D eigenvalue weighted by molar-refractivity contribution is 5.79. The molecule has 0 aliphatic heterocycles. The Labute approximate surface area is 160 Å². The molecule has 0 unspecified atom stereocenters. The molecule has 0 bridgehead atoms. The highest BCUT2D eigenvalue weighted by atomic mass is 16.1. The van der Waals surface area contributed by atoms with Crippen LogP contribution in [0.4, 0.5) is 0 Å². The van der Waals surface area contributed by atoms with E-state index in [0.717, 1.165) is 11.1 Å². The van der Waals surface area contributed by atoms with Gasteiger partial charge in [-0.05, 0) is 11.1 Å². The molecule has 2 aromatic carbocycles. The standard InChI is InChI=1S/C22H15N5O/c28-20-17(15-7-3-1-4-8-15)11-27(12-18(20)16-9-5-2-6-10-16)22-19-21(24-13-23-19)25-14-26-22/h1-14H,(H,23,24,25,26). The first kappa shape index (κ1) is 16.1. The summed E-state index contributed by atoms with van der Waals surface area (Å²) in [5.41, 5.74) is 4.18. The van der Waals surface area contributed by atoms with E-state index in [-0.39, 0.29) is 5.43 Å². The maximum Gasteiger partial charge on any atom is 0.197 e. The molecule has 3 heterocycles. The fraction of sp³-hybridized carbons (Fsp3) is 0. The van der Waals surface area contributed by atoms with Crippen LogP contribution >= 0.6 is 0 Å². The van der Waals surface area contributed by atoms with Crippen LogP contribution in [0.5, 0.6) is 0 Å². The van der Waals surface area contributed by atoms with Gasteiger partial charge in [0.2, 0.25) is 0 Å². The average Bonchev–Trinajstić information content (AvgIpc) is 3.24. The van der Waals surface area contributed by atoms with Crippen LogP contribution in [-0.4, -0.2) is 24.5 Å². The first-order valence-corrected chi connectivity index (χ1v) is 8.83. The number of fused-ring (bicyclic) bond motifs is 1. The van der Waals surface area contributed by atoms with Crippen molar-refractivity contribution >= 4 is 11.2 Å². The number of pyridine rings is 1. The topological polar surface area (TPSA) is 76.5 Å². The van der Waals surface area contributed by atoms with Crippen molar-refractivity contribution in [2.24, 2.45) is 0 Å². The van der Waals surface area contributed by atoms with Crippen LogP contribution in [-0.2, 0) is 0 Å². The Kier molecular flexibility index (Phi) is 3.80. The largest absolute Gasteiger partial charge is 0.340 e. The van der Waals surface area contributed by atoms with Crippen molar-refractivity contribution in [1.82, 2.24) is 24.5 Å². The molecule has 3 aromatic heterocycles. The molecule has 5 aromatic rings. The van der Waals surface area contributed by atoms with Gasteiger partial charge in [0.05, 0.1) is 6.33 Å². The number of H-pyrrole nitrogens is 1. The molecule has 0 amide bonds. The third-order valence-corrected chi connectivity index (χ3v) is 4.64. The summed E-state index contributed by atoms with van der Waals surface area (Å²) >= 11 is 0. The van der Waals surface area contributed by atoms with Crippen molar-refractivity contribution in [3.05, 3.63) is 95.9 Å². The van der Waals surface area contributed by atoms with Gasteiger partial charge in [-0.15, -0.1) is 0 Å². The Bertz CT molecular complexity index is 1260. The van der Waals surface area contributed by atoms with Crippen LogP contribution in [0.25, 0.3) is 39.2 Å². The molecule has 0 fully saturated rings. The molecule has 0 saturated heterocycles. The van der Waals surface area contributed by atoms with E-state index in [1.807, 2.05) is 77.6 Å². The Morgan fingerprint density at radius 1 is 0.750 bits per heavy atom. The molecule has 134 valence electrons. The van der Waals surface area contributed by atoms with Crippen LogP contribution < -0.4 is 5.43 Å². The van der Waals surface area contributed by atoms with Crippen molar-refractivity contribution in [3.8, 4) is 28.1 Å². The third-order valence-electron chi connectivity index (χ3n) is 4.64. The molecule has 28 heavy (non-hydrogen) atoms. The SMILES string of the molecule is O=c1c(-c2ccccc2)cn(-c2ncnc3nc[nH]c23)cc1-c1ccccc1. The number of hydrogen-bond donors (Lipinski definition) is 1. The number of nitrogens with zero attached hydrogens (tertiary/aromatic N) is 4. The van der Waals surface area contributed by atoms with Gasteiger partial charge in [0, 0.05) is 23.5 Å². The Morgan fingerprint density at radius 3 is 1.96 bits per heavy atom. The maximum atomic E-state index is 13.3. The third kappa shape index (κ3) is 2.68. The number of nitrogens with one attached hydrogen (secondary N) is 1. The van der Waals surface area contributed by atoms with Gasteiger partial charge in [-0.25, -0.2) is 15.0 Å². The number of rotatable bonds is 3. The summed E-state index contributed by atoms with van der Waals surface area (Å²) in [6.45, 7) is 0.